The zero-order valence-electron chi connectivity index (χ0n) is 15.9. The van der Waals surface area contributed by atoms with Crippen molar-refractivity contribution in [3.05, 3.63) is 58.6 Å². The van der Waals surface area contributed by atoms with E-state index in [1.165, 1.54) is 20.2 Å². The maximum absolute atomic E-state index is 12.4. The van der Waals surface area contributed by atoms with E-state index >= 15 is 0 Å². The van der Waals surface area contributed by atoms with Crippen molar-refractivity contribution in [3.63, 3.8) is 0 Å². The van der Waals surface area contributed by atoms with Crippen molar-refractivity contribution in [3.8, 4) is 0 Å². The fraction of sp³-hybridized carbons (Fsp3) is 0.316. The summed E-state index contributed by atoms with van der Waals surface area (Å²) in [6.45, 7) is 2.40. The zero-order chi connectivity index (χ0) is 20.2. The molecule has 6 nitrogen and oxygen atoms in total. The highest BCUT2D eigenvalue weighted by Crippen LogP contribution is 2.22. The van der Waals surface area contributed by atoms with Gasteiger partial charge in [0.15, 0.2) is 0 Å². The molecule has 1 N–H and O–H groups in total. The SMILES string of the molecule is Cc1ccc(NC(=O)CN(C)Cc2ccccc2Cl)cc1S(=O)(=O)N(C)C. The van der Waals surface area contributed by atoms with Gasteiger partial charge in [-0.2, -0.15) is 0 Å². The first-order valence-corrected chi connectivity index (χ1v) is 10.2. The Labute approximate surface area is 165 Å². The summed E-state index contributed by atoms with van der Waals surface area (Å²) in [4.78, 5) is 14.3. The van der Waals surface area contributed by atoms with Crippen LogP contribution in [-0.4, -0.2) is 51.2 Å². The van der Waals surface area contributed by atoms with Gasteiger partial charge in [-0.05, 0) is 43.3 Å². The van der Waals surface area contributed by atoms with Gasteiger partial charge in [0, 0.05) is 31.4 Å². The van der Waals surface area contributed by atoms with Crippen LogP contribution in [0.25, 0.3) is 0 Å². The molecule has 0 atom stereocenters. The fourth-order valence-corrected chi connectivity index (χ4v) is 3.91. The zero-order valence-corrected chi connectivity index (χ0v) is 17.4. The summed E-state index contributed by atoms with van der Waals surface area (Å²) in [5.74, 6) is -0.235. The van der Waals surface area contributed by atoms with Gasteiger partial charge in [0.1, 0.15) is 0 Å². The van der Waals surface area contributed by atoms with E-state index in [0.29, 0.717) is 22.8 Å². The van der Waals surface area contributed by atoms with Gasteiger partial charge in [-0.25, -0.2) is 12.7 Å². The Kier molecular flexibility index (Phi) is 7.00. The Morgan fingerprint density at radius 1 is 1.11 bits per heavy atom. The van der Waals surface area contributed by atoms with Crippen molar-refractivity contribution in [2.45, 2.75) is 18.4 Å². The summed E-state index contributed by atoms with van der Waals surface area (Å²) >= 11 is 6.15. The van der Waals surface area contributed by atoms with Crippen LogP contribution >= 0.6 is 11.6 Å². The minimum atomic E-state index is -3.58. The van der Waals surface area contributed by atoms with Gasteiger partial charge in [-0.1, -0.05) is 35.9 Å². The molecule has 8 heteroatoms. The molecule has 0 unspecified atom stereocenters. The molecule has 0 aromatic heterocycles. The first-order chi connectivity index (χ1) is 12.6. The average molecular weight is 410 g/mol. The summed E-state index contributed by atoms with van der Waals surface area (Å²) in [5.41, 5.74) is 2.00. The highest BCUT2D eigenvalue weighted by Gasteiger charge is 2.20. The molecule has 0 heterocycles. The van der Waals surface area contributed by atoms with Crippen molar-refractivity contribution < 1.29 is 13.2 Å². The maximum atomic E-state index is 12.4. The molecule has 0 aliphatic carbocycles. The van der Waals surface area contributed by atoms with Crippen molar-refractivity contribution >= 4 is 33.2 Å². The standard InChI is InChI=1S/C19H24ClN3O3S/c1-14-9-10-16(11-18(14)27(25,26)22(2)3)21-19(24)13-23(4)12-15-7-5-6-8-17(15)20/h5-11H,12-13H2,1-4H3,(H,21,24). The molecule has 0 saturated heterocycles. The van der Waals surface area contributed by atoms with Gasteiger partial charge in [0.05, 0.1) is 11.4 Å². The Morgan fingerprint density at radius 2 is 1.78 bits per heavy atom. The first kappa shape index (κ1) is 21.4. The largest absolute Gasteiger partial charge is 0.325 e. The van der Waals surface area contributed by atoms with Crippen LogP contribution in [-0.2, 0) is 21.4 Å². The lowest BCUT2D eigenvalue weighted by Crippen LogP contribution is -2.30. The Bertz CT molecular complexity index is 930. The number of likely N-dealkylation sites (N-methyl/N-ethyl adjacent to an activating group) is 1. The van der Waals surface area contributed by atoms with E-state index in [9.17, 15) is 13.2 Å². The number of aryl methyl sites for hydroxylation is 1. The average Bonchev–Trinajstić information content (AvgIpc) is 2.58. The topological polar surface area (TPSA) is 69.7 Å². The summed E-state index contributed by atoms with van der Waals surface area (Å²) in [7, 11) is 1.19. The van der Waals surface area contributed by atoms with E-state index in [1.54, 1.807) is 19.1 Å². The molecule has 27 heavy (non-hydrogen) atoms. The third-order valence-electron chi connectivity index (χ3n) is 4.04. The number of rotatable bonds is 7. The van der Waals surface area contributed by atoms with E-state index in [-0.39, 0.29) is 17.3 Å². The summed E-state index contributed by atoms with van der Waals surface area (Å²) in [6, 6.07) is 12.3. The van der Waals surface area contributed by atoms with Crippen LogP contribution in [0, 0.1) is 6.92 Å². The van der Waals surface area contributed by atoms with Gasteiger partial charge in [-0.3, -0.25) is 9.69 Å². The number of amides is 1. The number of benzene rings is 2. The Balaban J connectivity index is 2.07. The van der Waals surface area contributed by atoms with Crippen LogP contribution in [0.5, 0.6) is 0 Å². The predicted molar refractivity (Wildman–Crippen MR) is 108 cm³/mol. The van der Waals surface area contributed by atoms with Crippen molar-refractivity contribution in [1.29, 1.82) is 0 Å². The van der Waals surface area contributed by atoms with Crippen molar-refractivity contribution in [1.82, 2.24) is 9.21 Å². The van der Waals surface area contributed by atoms with Gasteiger partial charge < -0.3 is 5.32 Å². The Morgan fingerprint density at radius 3 is 2.41 bits per heavy atom. The molecule has 0 radical (unpaired) electrons. The number of halogens is 1. The third kappa shape index (κ3) is 5.52. The van der Waals surface area contributed by atoms with Gasteiger partial charge in [0.25, 0.3) is 0 Å². The van der Waals surface area contributed by atoms with Crippen LogP contribution in [0.3, 0.4) is 0 Å². The lowest BCUT2D eigenvalue weighted by atomic mass is 10.2. The van der Waals surface area contributed by atoms with Crippen LogP contribution in [0.1, 0.15) is 11.1 Å². The maximum Gasteiger partial charge on any atom is 0.242 e. The predicted octanol–water partition coefficient (Wildman–Crippen LogP) is 2.97. The second kappa shape index (κ2) is 8.84. The highest BCUT2D eigenvalue weighted by molar-refractivity contribution is 7.89. The molecule has 0 bridgehead atoms. The monoisotopic (exact) mass is 409 g/mol. The third-order valence-corrected chi connectivity index (χ3v) is 6.37. The summed E-state index contributed by atoms with van der Waals surface area (Å²) in [6.07, 6.45) is 0. The number of hydrogen-bond donors (Lipinski definition) is 1. The minimum Gasteiger partial charge on any atom is -0.325 e. The Hall–Kier alpha value is -1.93. The van der Waals surface area contributed by atoms with Crippen molar-refractivity contribution in [2.75, 3.05) is 33.0 Å². The fourth-order valence-electron chi connectivity index (χ4n) is 2.57. The van der Waals surface area contributed by atoms with Crippen molar-refractivity contribution in [2.24, 2.45) is 0 Å². The molecular formula is C19H24ClN3O3S. The smallest absolute Gasteiger partial charge is 0.242 e. The molecule has 2 aromatic rings. The molecule has 0 saturated carbocycles. The summed E-state index contributed by atoms with van der Waals surface area (Å²) < 4.78 is 25.9. The molecular weight excluding hydrogens is 386 g/mol. The molecule has 2 aromatic carbocycles. The van der Waals surface area contributed by atoms with Crippen LogP contribution < -0.4 is 5.32 Å². The molecule has 2 rings (SSSR count). The number of hydrogen-bond acceptors (Lipinski definition) is 4. The number of carbonyl (C=O) groups excluding carboxylic acids is 1. The molecule has 0 fully saturated rings. The highest BCUT2D eigenvalue weighted by atomic mass is 35.5. The second-order valence-corrected chi connectivity index (χ2v) is 9.11. The minimum absolute atomic E-state index is 0.148. The van der Waals surface area contributed by atoms with E-state index in [4.69, 9.17) is 11.6 Å². The molecule has 0 aliphatic heterocycles. The molecule has 0 aliphatic rings. The summed E-state index contributed by atoms with van der Waals surface area (Å²) in [5, 5.41) is 3.41. The van der Waals surface area contributed by atoms with E-state index in [0.717, 1.165) is 9.87 Å². The molecule has 0 spiro atoms. The van der Waals surface area contributed by atoms with Crippen LogP contribution in [0.15, 0.2) is 47.4 Å². The second-order valence-electron chi connectivity index (χ2n) is 6.58. The van der Waals surface area contributed by atoms with E-state index in [1.807, 2.05) is 36.2 Å². The number of carbonyl (C=O) groups is 1. The first-order valence-electron chi connectivity index (χ1n) is 8.36. The lowest BCUT2D eigenvalue weighted by Gasteiger charge is -2.18. The van der Waals surface area contributed by atoms with Gasteiger partial charge in [0.2, 0.25) is 15.9 Å². The quantitative estimate of drug-likeness (QED) is 0.763. The number of anilines is 1. The van der Waals surface area contributed by atoms with Crippen LogP contribution in [0.4, 0.5) is 5.69 Å². The number of nitrogens with zero attached hydrogens (tertiary/aromatic N) is 2. The van der Waals surface area contributed by atoms with Gasteiger partial charge >= 0.3 is 0 Å². The number of sulfonamides is 1. The van der Waals surface area contributed by atoms with Gasteiger partial charge in [-0.15, -0.1) is 0 Å². The molecule has 1 amide bonds. The van der Waals surface area contributed by atoms with E-state index in [2.05, 4.69) is 5.32 Å². The van der Waals surface area contributed by atoms with Crippen LogP contribution in [0.2, 0.25) is 5.02 Å². The molecule has 146 valence electrons. The van der Waals surface area contributed by atoms with E-state index < -0.39 is 10.0 Å². The normalized spacial score (nSPS) is 11.8. The lowest BCUT2D eigenvalue weighted by molar-refractivity contribution is -0.117. The number of nitrogens with one attached hydrogen (secondary N) is 1.